The van der Waals surface area contributed by atoms with Crippen LogP contribution >= 0.6 is 0 Å². The lowest BCUT2D eigenvalue weighted by Gasteiger charge is -2.06. The van der Waals surface area contributed by atoms with Crippen LogP contribution in [0.1, 0.15) is 33.1 Å². The van der Waals surface area contributed by atoms with Crippen LogP contribution in [0.5, 0.6) is 0 Å². The van der Waals surface area contributed by atoms with E-state index in [1.165, 1.54) is 0 Å². The molecule has 0 aliphatic carbocycles. The van der Waals surface area contributed by atoms with E-state index in [4.69, 9.17) is 4.74 Å². The number of hydrogen-bond acceptors (Lipinski definition) is 3. The number of aliphatic hydroxyl groups excluding tert-OH is 1. The maximum atomic E-state index is 10.9. The molecule has 0 saturated carbocycles. The minimum Gasteiger partial charge on any atom is -0.466 e. The second-order valence-electron chi connectivity index (χ2n) is 2.78. The zero-order chi connectivity index (χ0) is 10.1. The number of esters is 1. The van der Waals surface area contributed by atoms with Gasteiger partial charge in [0.25, 0.3) is 0 Å². The molecule has 13 heavy (non-hydrogen) atoms. The summed E-state index contributed by atoms with van der Waals surface area (Å²) in [6, 6.07) is 0. The zero-order valence-corrected chi connectivity index (χ0v) is 8.32. The minimum atomic E-state index is -0.609. The van der Waals surface area contributed by atoms with Gasteiger partial charge >= 0.3 is 5.97 Å². The summed E-state index contributed by atoms with van der Waals surface area (Å²) in [4.78, 5) is 10.9. The van der Waals surface area contributed by atoms with E-state index < -0.39 is 6.10 Å². The van der Waals surface area contributed by atoms with Crippen molar-refractivity contribution < 1.29 is 14.6 Å². The maximum Gasteiger partial charge on any atom is 0.308 e. The molecule has 0 saturated heterocycles. The van der Waals surface area contributed by atoms with Crippen LogP contribution in [0, 0.1) is 0 Å². The summed E-state index contributed by atoms with van der Waals surface area (Å²) in [5.41, 5.74) is 0. The Balaban J connectivity index is 3.55. The van der Waals surface area contributed by atoms with Gasteiger partial charge in [-0.1, -0.05) is 19.1 Å². The Morgan fingerprint density at radius 2 is 2.15 bits per heavy atom. The summed E-state index contributed by atoms with van der Waals surface area (Å²) < 4.78 is 4.70. The van der Waals surface area contributed by atoms with E-state index in [0.29, 0.717) is 13.0 Å². The van der Waals surface area contributed by atoms with Crippen molar-refractivity contribution in [2.24, 2.45) is 0 Å². The number of ether oxygens (including phenoxy) is 1. The Labute approximate surface area is 79.4 Å². The van der Waals surface area contributed by atoms with Gasteiger partial charge in [-0.25, -0.2) is 0 Å². The Morgan fingerprint density at radius 3 is 2.69 bits per heavy atom. The van der Waals surface area contributed by atoms with E-state index in [9.17, 15) is 9.90 Å². The highest BCUT2D eigenvalue weighted by Crippen LogP contribution is 2.01. The Bertz CT molecular complexity index is 164. The van der Waals surface area contributed by atoms with Gasteiger partial charge in [-0.3, -0.25) is 4.79 Å². The van der Waals surface area contributed by atoms with Crippen LogP contribution in [0.4, 0.5) is 0 Å². The predicted molar refractivity (Wildman–Crippen MR) is 51.3 cm³/mol. The average molecular weight is 186 g/mol. The molecule has 0 aromatic rings. The van der Waals surface area contributed by atoms with Crippen LogP contribution in [-0.2, 0) is 9.53 Å². The van der Waals surface area contributed by atoms with E-state index >= 15 is 0 Å². The van der Waals surface area contributed by atoms with Gasteiger partial charge in [0.1, 0.15) is 0 Å². The highest BCUT2D eigenvalue weighted by Gasteiger charge is 2.09. The van der Waals surface area contributed by atoms with Crippen molar-refractivity contribution >= 4 is 5.97 Å². The topological polar surface area (TPSA) is 46.5 Å². The molecule has 0 radical (unpaired) electrons. The molecule has 0 fully saturated rings. The first-order valence-corrected chi connectivity index (χ1v) is 4.69. The number of rotatable bonds is 6. The first-order chi connectivity index (χ1) is 6.20. The van der Waals surface area contributed by atoms with Crippen LogP contribution in [0.3, 0.4) is 0 Å². The van der Waals surface area contributed by atoms with Gasteiger partial charge in [-0.05, 0) is 19.8 Å². The molecule has 0 heterocycles. The quantitative estimate of drug-likeness (QED) is 0.507. The van der Waals surface area contributed by atoms with E-state index in [-0.39, 0.29) is 12.4 Å². The minimum absolute atomic E-state index is 0.0852. The normalized spacial score (nSPS) is 13.2. The van der Waals surface area contributed by atoms with Gasteiger partial charge in [0, 0.05) is 0 Å². The largest absolute Gasteiger partial charge is 0.466 e. The fourth-order valence-electron chi connectivity index (χ4n) is 0.916. The number of allylic oxidation sites excluding steroid dienone is 1. The monoisotopic (exact) mass is 186 g/mol. The summed E-state index contributed by atoms with van der Waals surface area (Å²) in [6.07, 6.45) is 4.79. The number of carbonyl (C=O) groups is 1. The fourth-order valence-corrected chi connectivity index (χ4v) is 0.916. The molecule has 0 amide bonds. The molecule has 3 heteroatoms. The molecule has 76 valence electrons. The zero-order valence-electron chi connectivity index (χ0n) is 8.32. The molecule has 0 aromatic heterocycles. The molecule has 0 aliphatic heterocycles. The van der Waals surface area contributed by atoms with Crippen molar-refractivity contribution in [3.05, 3.63) is 12.2 Å². The highest BCUT2D eigenvalue weighted by molar-refractivity contribution is 5.69. The lowest BCUT2D eigenvalue weighted by Crippen LogP contribution is -2.14. The van der Waals surface area contributed by atoms with E-state index in [1.54, 1.807) is 6.92 Å². The number of carbonyl (C=O) groups excluding carboxylic acids is 1. The van der Waals surface area contributed by atoms with Crippen molar-refractivity contribution in [1.29, 1.82) is 0 Å². The summed E-state index contributed by atoms with van der Waals surface area (Å²) >= 11 is 0. The fraction of sp³-hybridized carbons (Fsp3) is 0.700. The third kappa shape index (κ3) is 7.53. The molecule has 0 rings (SSSR count). The molecule has 1 atom stereocenters. The summed E-state index contributed by atoms with van der Waals surface area (Å²) in [7, 11) is 0. The summed E-state index contributed by atoms with van der Waals surface area (Å²) in [5, 5.41) is 9.32. The molecule has 1 N–H and O–H groups in total. The Morgan fingerprint density at radius 1 is 1.46 bits per heavy atom. The van der Waals surface area contributed by atoms with Crippen molar-refractivity contribution in [2.45, 2.75) is 39.2 Å². The van der Waals surface area contributed by atoms with Gasteiger partial charge in [0.05, 0.1) is 19.1 Å². The van der Waals surface area contributed by atoms with E-state index in [1.807, 2.05) is 19.1 Å². The van der Waals surface area contributed by atoms with Gasteiger partial charge < -0.3 is 9.84 Å². The first kappa shape index (κ1) is 12.2. The number of hydrogen-bond donors (Lipinski definition) is 1. The van der Waals surface area contributed by atoms with Gasteiger partial charge in [-0.15, -0.1) is 0 Å². The van der Waals surface area contributed by atoms with Crippen LogP contribution in [0.15, 0.2) is 12.2 Å². The maximum absolute atomic E-state index is 10.9. The van der Waals surface area contributed by atoms with Crippen molar-refractivity contribution in [3.8, 4) is 0 Å². The SMILES string of the molecule is CCC=CCC(O)CC(=O)OCC. The molecular formula is C10H18O3. The molecule has 0 bridgehead atoms. The molecule has 0 aromatic carbocycles. The third-order valence-electron chi connectivity index (χ3n) is 1.52. The molecule has 0 aliphatic rings. The lowest BCUT2D eigenvalue weighted by atomic mass is 10.2. The van der Waals surface area contributed by atoms with Gasteiger partial charge in [0.15, 0.2) is 0 Å². The van der Waals surface area contributed by atoms with E-state index in [2.05, 4.69) is 0 Å². The van der Waals surface area contributed by atoms with Crippen LogP contribution in [0.2, 0.25) is 0 Å². The second-order valence-corrected chi connectivity index (χ2v) is 2.78. The van der Waals surface area contributed by atoms with Crippen molar-refractivity contribution in [3.63, 3.8) is 0 Å². The van der Waals surface area contributed by atoms with Crippen molar-refractivity contribution in [2.75, 3.05) is 6.61 Å². The molecule has 1 unspecified atom stereocenters. The Hall–Kier alpha value is -0.830. The first-order valence-electron chi connectivity index (χ1n) is 4.69. The highest BCUT2D eigenvalue weighted by atomic mass is 16.5. The average Bonchev–Trinajstić information content (AvgIpc) is 2.05. The van der Waals surface area contributed by atoms with Gasteiger partial charge in [0.2, 0.25) is 0 Å². The molecule has 3 nitrogen and oxygen atoms in total. The summed E-state index contributed by atoms with van der Waals surface area (Å²) in [6.45, 7) is 4.14. The smallest absolute Gasteiger partial charge is 0.308 e. The molecule has 0 spiro atoms. The predicted octanol–water partition coefficient (Wildman–Crippen LogP) is 1.66. The third-order valence-corrected chi connectivity index (χ3v) is 1.52. The molecular weight excluding hydrogens is 168 g/mol. The second kappa shape index (κ2) is 7.80. The lowest BCUT2D eigenvalue weighted by molar-refractivity contribution is -0.145. The van der Waals surface area contributed by atoms with Crippen LogP contribution in [-0.4, -0.2) is 23.8 Å². The van der Waals surface area contributed by atoms with Crippen LogP contribution < -0.4 is 0 Å². The van der Waals surface area contributed by atoms with E-state index in [0.717, 1.165) is 6.42 Å². The summed E-state index contributed by atoms with van der Waals surface area (Å²) in [5.74, 6) is -0.333. The van der Waals surface area contributed by atoms with Crippen LogP contribution in [0.25, 0.3) is 0 Å². The Kier molecular flexibility index (Phi) is 7.30. The number of aliphatic hydroxyl groups is 1. The van der Waals surface area contributed by atoms with Gasteiger partial charge in [-0.2, -0.15) is 0 Å². The standard InChI is InChI=1S/C10H18O3/c1-3-5-6-7-9(11)8-10(12)13-4-2/h5-6,9,11H,3-4,7-8H2,1-2H3. The van der Waals surface area contributed by atoms with Crippen molar-refractivity contribution in [1.82, 2.24) is 0 Å².